The number of halogens is 2. The van der Waals surface area contributed by atoms with Gasteiger partial charge in [0.2, 0.25) is 0 Å². The minimum Gasteiger partial charge on any atom is -0.481 e. The van der Waals surface area contributed by atoms with Gasteiger partial charge in [0.05, 0.1) is 13.5 Å². The second-order valence-electron chi connectivity index (χ2n) is 4.16. The van der Waals surface area contributed by atoms with Gasteiger partial charge in [0, 0.05) is 19.2 Å². The Morgan fingerprint density at radius 3 is 2.57 bits per heavy atom. The molecule has 0 spiro atoms. The summed E-state index contributed by atoms with van der Waals surface area (Å²) in [5.74, 6) is -2.62. The van der Waals surface area contributed by atoms with E-state index in [9.17, 15) is 18.4 Å². The summed E-state index contributed by atoms with van der Waals surface area (Å²) in [6.45, 7) is 1.92. The van der Waals surface area contributed by atoms with Gasteiger partial charge in [0.1, 0.15) is 5.82 Å². The number of rotatable bonds is 7. The van der Waals surface area contributed by atoms with Crippen LogP contribution >= 0.6 is 0 Å². The Kier molecular flexibility index (Phi) is 6.58. The molecule has 0 aliphatic carbocycles. The van der Waals surface area contributed by atoms with Crippen molar-refractivity contribution in [3.05, 3.63) is 29.8 Å². The minimum absolute atomic E-state index is 0.0704. The average Bonchev–Trinajstić information content (AvgIpc) is 2.46. The fourth-order valence-corrected chi connectivity index (χ4v) is 1.61. The number of ether oxygens (including phenoxy) is 2. The Labute approximate surface area is 121 Å². The van der Waals surface area contributed by atoms with E-state index < -0.39 is 30.1 Å². The van der Waals surface area contributed by atoms with Crippen LogP contribution in [0.15, 0.2) is 18.2 Å². The van der Waals surface area contributed by atoms with Gasteiger partial charge < -0.3 is 14.4 Å². The molecule has 5 nitrogen and oxygen atoms in total. The Bertz CT molecular complexity index is 508. The van der Waals surface area contributed by atoms with E-state index in [1.54, 1.807) is 6.92 Å². The third-order valence-corrected chi connectivity index (χ3v) is 2.79. The van der Waals surface area contributed by atoms with Gasteiger partial charge in [-0.25, -0.2) is 8.78 Å². The predicted octanol–water partition coefficient (Wildman–Crippen LogP) is 1.76. The lowest BCUT2D eigenvalue weighted by atomic mass is 10.3. The largest absolute Gasteiger partial charge is 0.481 e. The summed E-state index contributed by atoms with van der Waals surface area (Å²) in [4.78, 5) is 24.3. The normalized spacial score (nSPS) is 10.1. The highest BCUT2D eigenvalue weighted by Gasteiger charge is 2.15. The number of hydrogen-bond acceptors (Lipinski definition) is 4. The standard InChI is InChI=1S/C14H17F2NO4/c1-3-17(7-6-14(19)20-2)13(18)9-21-12-5-4-10(15)8-11(12)16/h4-5,8H,3,6-7,9H2,1-2H3. The molecule has 0 saturated carbocycles. The van der Waals surface area contributed by atoms with Gasteiger partial charge >= 0.3 is 5.97 Å². The van der Waals surface area contributed by atoms with Crippen LogP contribution in [0.25, 0.3) is 0 Å². The maximum atomic E-state index is 13.3. The van der Waals surface area contributed by atoms with Gasteiger partial charge in [-0.1, -0.05) is 0 Å². The Morgan fingerprint density at radius 1 is 1.29 bits per heavy atom. The fourth-order valence-electron chi connectivity index (χ4n) is 1.61. The maximum absolute atomic E-state index is 13.3. The molecule has 0 atom stereocenters. The number of nitrogens with zero attached hydrogens (tertiary/aromatic N) is 1. The Balaban J connectivity index is 2.52. The molecule has 1 amide bonds. The number of esters is 1. The van der Waals surface area contributed by atoms with Crippen LogP contribution in [-0.4, -0.2) is 43.6 Å². The van der Waals surface area contributed by atoms with Gasteiger partial charge in [0.25, 0.3) is 5.91 Å². The summed E-state index contributed by atoms with van der Waals surface area (Å²) >= 11 is 0. The number of likely N-dealkylation sites (N-methyl/N-ethyl adjacent to an activating group) is 1. The Morgan fingerprint density at radius 2 is 2.00 bits per heavy atom. The van der Waals surface area contributed by atoms with Crippen molar-refractivity contribution in [2.24, 2.45) is 0 Å². The highest BCUT2D eigenvalue weighted by Crippen LogP contribution is 2.17. The smallest absolute Gasteiger partial charge is 0.307 e. The molecule has 0 fully saturated rings. The minimum atomic E-state index is -0.875. The van der Waals surface area contributed by atoms with Gasteiger partial charge in [-0.2, -0.15) is 0 Å². The molecule has 0 radical (unpaired) electrons. The lowest BCUT2D eigenvalue weighted by Crippen LogP contribution is -2.36. The molecule has 0 unspecified atom stereocenters. The van der Waals surface area contributed by atoms with Gasteiger partial charge in [-0.15, -0.1) is 0 Å². The maximum Gasteiger partial charge on any atom is 0.307 e. The molecule has 1 aromatic carbocycles. The van der Waals surface area contributed by atoms with Gasteiger partial charge in [0.15, 0.2) is 18.2 Å². The Hall–Kier alpha value is -2.18. The van der Waals surface area contributed by atoms with Crippen molar-refractivity contribution in [2.45, 2.75) is 13.3 Å². The van der Waals surface area contributed by atoms with Crippen molar-refractivity contribution < 1.29 is 27.8 Å². The van der Waals surface area contributed by atoms with Crippen LogP contribution in [0.5, 0.6) is 5.75 Å². The molecular weight excluding hydrogens is 284 g/mol. The van der Waals surface area contributed by atoms with Crippen molar-refractivity contribution in [1.82, 2.24) is 4.90 Å². The fraction of sp³-hybridized carbons (Fsp3) is 0.429. The van der Waals surface area contributed by atoms with Crippen molar-refractivity contribution in [3.8, 4) is 5.75 Å². The van der Waals surface area contributed by atoms with Crippen molar-refractivity contribution >= 4 is 11.9 Å². The average molecular weight is 301 g/mol. The summed E-state index contributed by atoms with van der Waals surface area (Å²) in [6, 6.07) is 2.83. The SMILES string of the molecule is CCN(CCC(=O)OC)C(=O)COc1ccc(F)cc1F. The topological polar surface area (TPSA) is 55.8 Å². The molecule has 7 heteroatoms. The third kappa shape index (κ3) is 5.37. The van der Waals surface area contributed by atoms with Crippen LogP contribution in [0.1, 0.15) is 13.3 Å². The number of benzene rings is 1. The quantitative estimate of drug-likeness (QED) is 0.720. The van der Waals surface area contributed by atoms with Crippen molar-refractivity contribution in [1.29, 1.82) is 0 Å². The third-order valence-electron chi connectivity index (χ3n) is 2.79. The first-order valence-corrected chi connectivity index (χ1v) is 6.40. The molecule has 116 valence electrons. The van der Waals surface area contributed by atoms with Crippen LogP contribution < -0.4 is 4.74 Å². The highest BCUT2D eigenvalue weighted by molar-refractivity contribution is 5.78. The van der Waals surface area contributed by atoms with Crippen LogP contribution in [0, 0.1) is 11.6 Å². The molecule has 1 rings (SSSR count). The molecule has 0 aromatic heterocycles. The van der Waals surface area contributed by atoms with E-state index in [0.29, 0.717) is 12.6 Å². The van der Waals surface area contributed by atoms with Crippen LogP contribution in [0.2, 0.25) is 0 Å². The molecular formula is C14H17F2NO4. The summed E-state index contributed by atoms with van der Waals surface area (Å²) < 4.78 is 35.6. The lowest BCUT2D eigenvalue weighted by Gasteiger charge is -2.20. The molecule has 0 aliphatic rings. The molecule has 0 N–H and O–H groups in total. The summed E-state index contributed by atoms with van der Waals surface area (Å²) in [6.07, 6.45) is 0.0704. The van der Waals surface area contributed by atoms with Gasteiger partial charge in [-0.3, -0.25) is 9.59 Å². The number of carbonyl (C=O) groups is 2. The van der Waals surface area contributed by atoms with Gasteiger partial charge in [-0.05, 0) is 19.1 Å². The van der Waals surface area contributed by atoms with E-state index in [2.05, 4.69) is 4.74 Å². The van der Waals surface area contributed by atoms with E-state index in [-0.39, 0.29) is 18.7 Å². The first kappa shape index (κ1) is 16.9. The zero-order chi connectivity index (χ0) is 15.8. The first-order valence-electron chi connectivity index (χ1n) is 6.40. The second-order valence-corrected chi connectivity index (χ2v) is 4.16. The zero-order valence-electron chi connectivity index (χ0n) is 11.9. The molecule has 0 aliphatic heterocycles. The number of hydrogen-bond donors (Lipinski definition) is 0. The summed E-state index contributed by atoms with van der Waals surface area (Å²) in [5, 5.41) is 0. The van der Waals surface area contributed by atoms with Crippen LogP contribution in [-0.2, 0) is 14.3 Å². The molecule has 1 aromatic rings. The van der Waals surface area contributed by atoms with E-state index in [1.165, 1.54) is 12.0 Å². The highest BCUT2D eigenvalue weighted by atomic mass is 19.1. The summed E-state index contributed by atoms with van der Waals surface area (Å²) in [7, 11) is 1.26. The molecule has 0 bridgehead atoms. The molecule has 0 saturated heterocycles. The number of amides is 1. The van der Waals surface area contributed by atoms with E-state index in [4.69, 9.17) is 4.74 Å². The number of methoxy groups -OCH3 is 1. The molecule has 0 heterocycles. The second kappa shape index (κ2) is 8.18. The molecule has 21 heavy (non-hydrogen) atoms. The van der Waals surface area contributed by atoms with E-state index >= 15 is 0 Å². The van der Waals surface area contributed by atoms with Crippen LogP contribution in [0.3, 0.4) is 0 Å². The zero-order valence-corrected chi connectivity index (χ0v) is 11.9. The predicted molar refractivity (Wildman–Crippen MR) is 70.7 cm³/mol. The number of carbonyl (C=O) groups excluding carboxylic acids is 2. The first-order chi connectivity index (χ1) is 9.97. The summed E-state index contributed by atoms with van der Waals surface area (Å²) in [5.41, 5.74) is 0. The van der Waals surface area contributed by atoms with Crippen LogP contribution in [0.4, 0.5) is 8.78 Å². The van der Waals surface area contributed by atoms with E-state index in [1.807, 2.05) is 0 Å². The lowest BCUT2D eigenvalue weighted by molar-refractivity contribution is -0.142. The van der Waals surface area contributed by atoms with Crippen molar-refractivity contribution in [2.75, 3.05) is 26.8 Å². The van der Waals surface area contributed by atoms with E-state index in [0.717, 1.165) is 12.1 Å². The monoisotopic (exact) mass is 301 g/mol. The van der Waals surface area contributed by atoms with Crippen molar-refractivity contribution in [3.63, 3.8) is 0 Å².